The third-order valence-electron chi connectivity index (χ3n) is 4.31. The molecule has 8 heteroatoms. The predicted octanol–water partition coefficient (Wildman–Crippen LogP) is 1.60. The van der Waals surface area contributed by atoms with Gasteiger partial charge in [0.25, 0.3) is 5.91 Å². The molecule has 1 unspecified atom stereocenters. The Morgan fingerprint density at radius 3 is 3.12 bits per heavy atom. The van der Waals surface area contributed by atoms with Crippen LogP contribution >= 0.6 is 0 Å². The maximum atomic E-state index is 12.2. The van der Waals surface area contributed by atoms with E-state index in [0.717, 1.165) is 38.2 Å². The van der Waals surface area contributed by atoms with Crippen molar-refractivity contribution in [2.75, 3.05) is 13.2 Å². The van der Waals surface area contributed by atoms with Crippen LogP contribution in [0.2, 0.25) is 0 Å². The second kappa shape index (κ2) is 8.24. The highest BCUT2D eigenvalue weighted by Crippen LogP contribution is 2.13. The Bertz CT molecular complexity index is 687. The van der Waals surface area contributed by atoms with E-state index in [2.05, 4.69) is 39.0 Å². The fraction of sp³-hybridized carbons (Fsp3) is 0.647. The summed E-state index contributed by atoms with van der Waals surface area (Å²) in [5, 5.41) is 10.9. The van der Waals surface area contributed by atoms with Crippen LogP contribution in [0.1, 0.15) is 55.3 Å². The van der Waals surface area contributed by atoms with Crippen molar-refractivity contribution < 1.29 is 9.53 Å². The van der Waals surface area contributed by atoms with Crippen LogP contribution in [0.15, 0.2) is 18.6 Å². The van der Waals surface area contributed by atoms with E-state index in [0.29, 0.717) is 24.7 Å². The maximum Gasteiger partial charge on any atom is 0.273 e. The van der Waals surface area contributed by atoms with E-state index in [1.165, 1.54) is 0 Å². The molecule has 0 radical (unpaired) electrons. The van der Waals surface area contributed by atoms with Crippen molar-refractivity contribution in [3.05, 3.63) is 30.1 Å². The van der Waals surface area contributed by atoms with Crippen molar-refractivity contribution in [1.82, 2.24) is 29.9 Å². The molecule has 0 aliphatic carbocycles. The minimum atomic E-state index is -0.187. The van der Waals surface area contributed by atoms with Crippen LogP contribution in [-0.2, 0) is 17.8 Å². The molecule has 1 atom stereocenters. The molecule has 0 aromatic carbocycles. The number of nitrogens with one attached hydrogen (secondary N) is 1. The van der Waals surface area contributed by atoms with Crippen LogP contribution in [0.5, 0.6) is 0 Å². The molecule has 1 fully saturated rings. The molecular formula is C17H26N6O2. The van der Waals surface area contributed by atoms with E-state index < -0.39 is 0 Å². The second-order valence-electron chi connectivity index (χ2n) is 6.70. The van der Waals surface area contributed by atoms with Crippen molar-refractivity contribution >= 4 is 5.91 Å². The third-order valence-corrected chi connectivity index (χ3v) is 4.31. The Morgan fingerprint density at radius 1 is 1.48 bits per heavy atom. The fourth-order valence-electron chi connectivity index (χ4n) is 3.04. The van der Waals surface area contributed by atoms with Crippen LogP contribution < -0.4 is 5.32 Å². The zero-order valence-electron chi connectivity index (χ0n) is 14.9. The van der Waals surface area contributed by atoms with Gasteiger partial charge in [-0.3, -0.25) is 4.79 Å². The lowest BCUT2D eigenvalue weighted by Gasteiger charge is -2.10. The summed E-state index contributed by atoms with van der Waals surface area (Å²) in [5.41, 5.74) is 0.350. The van der Waals surface area contributed by atoms with E-state index in [1.807, 2.05) is 12.4 Å². The molecule has 25 heavy (non-hydrogen) atoms. The van der Waals surface area contributed by atoms with Gasteiger partial charge in [0.15, 0.2) is 5.69 Å². The summed E-state index contributed by atoms with van der Waals surface area (Å²) in [7, 11) is 0. The molecule has 2 aromatic heterocycles. The van der Waals surface area contributed by atoms with Gasteiger partial charge in [-0.25, -0.2) is 9.67 Å². The molecule has 8 nitrogen and oxygen atoms in total. The topological polar surface area (TPSA) is 86.9 Å². The molecule has 0 spiro atoms. The number of carbonyl (C=O) groups is 1. The van der Waals surface area contributed by atoms with Gasteiger partial charge in [0.2, 0.25) is 0 Å². The summed E-state index contributed by atoms with van der Waals surface area (Å²) in [4.78, 5) is 16.5. The van der Waals surface area contributed by atoms with Crippen molar-refractivity contribution in [1.29, 1.82) is 0 Å². The van der Waals surface area contributed by atoms with Crippen LogP contribution in [-0.4, -0.2) is 49.7 Å². The van der Waals surface area contributed by atoms with Gasteiger partial charge in [-0.1, -0.05) is 19.1 Å². The number of imidazole rings is 1. The minimum absolute atomic E-state index is 0.183. The summed E-state index contributed by atoms with van der Waals surface area (Å²) in [6.07, 6.45) is 8.63. The Balaban J connectivity index is 1.41. The largest absolute Gasteiger partial charge is 0.376 e. The Hall–Kier alpha value is -2.22. The Kier molecular flexibility index (Phi) is 5.80. The first-order valence-electron chi connectivity index (χ1n) is 8.94. The van der Waals surface area contributed by atoms with Crippen molar-refractivity contribution in [2.24, 2.45) is 0 Å². The monoisotopic (exact) mass is 346 g/mol. The molecule has 1 aliphatic rings. The van der Waals surface area contributed by atoms with Gasteiger partial charge < -0.3 is 14.6 Å². The Labute approximate surface area is 147 Å². The van der Waals surface area contributed by atoms with Gasteiger partial charge in [0.05, 0.1) is 18.8 Å². The Morgan fingerprint density at radius 2 is 2.36 bits per heavy atom. The molecule has 1 saturated heterocycles. The number of hydrogen-bond acceptors (Lipinski definition) is 5. The van der Waals surface area contributed by atoms with E-state index in [1.54, 1.807) is 10.9 Å². The number of nitrogens with zero attached hydrogens (tertiary/aromatic N) is 5. The van der Waals surface area contributed by atoms with Crippen molar-refractivity contribution in [3.8, 4) is 0 Å². The van der Waals surface area contributed by atoms with Crippen LogP contribution in [0.3, 0.4) is 0 Å². The summed E-state index contributed by atoms with van der Waals surface area (Å²) < 4.78 is 9.39. The van der Waals surface area contributed by atoms with Crippen molar-refractivity contribution in [2.45, 2.75) is 58.2 Å². The zero-order valence-corrected chi connectivity index (χ0v) is 14.9. The molecule has 1 amide bonds. The lowest BCUT2D eigenvalue weighted by atomic mass is 10.2. The first kappa shape index (κ1) is 17.6. The van der Waals surface area contributed by atoms with Gasteiger partial charge in [-0.2, -0.15) is 0 Å². The third kappa shape index (κ3) is 4.66. The molecule has 1 N–H and O–H groups in total. The second-order valence-corrected chi connectivity index (χ2v) is 6.70. The smallest absolute Gasteiger partial charge is 0.273 e. The van der Waals surface area contributed by atoms with Gasteiger partial charge in [0.1, 0.15) is 5.82 Å². The van der Waals surface area contributed by atoms with Gasteiger partial charge in [0, 0.05) is 38.0 Å². The summed E-state index contributed by atoms with van der Waals surface area (Å²) in [6, 6.07) is 0. The van der Waals surface area contributed by atoms with E-state index in [4.69, 9.17) is 4.74 Å². The highest BCUT2D eigenvalue weighted by molar-refractivity contribution is 5.91. The van der Waals surface area contributed by atoms with Gasteiger partial charge >= 0.3 is 0 Å². The number of aryl methyl sites for hydroxylation is 1. The number of aromatic nitrogens is 5. The standard InChI is InChI=1S/C17H26N6O2/c1-13(2)16-18-7-9-22(16)8-4-6-19-17(24)15-12-23(21-20-15)11-14-5-3-10-25-14/h7,9,12-14H,3-6,8,10-11H2,1-2H3,(H,19,24). The summed E-state index contributed by atoms with van der Waals surface area (Å²) >= 11 is 0. The number of ether oxygens (including phenoxy) is 1. The molecule has 1 aliphatic heterocycles. The normalized spacial score (nSPS) is 17.3. The molecule has 0 saturated carbocycles. The SMILES string of the molecule is CC(C)c1nccn1CCCNC(=O)c1cn(CC2CCCO2)nn1. The average Bonchev–Trinajstić information content (AvgIpc) is 3.33. The first-order chi connectivity index (χ1) is 12.1. The maximum absolute atomic E-state index is 12.2. The molecule has 3 heterocycles. The molecule has 136 valence electrons. The minimum Gasteiger partial charge on any atom is -0.376 e. The number of carbonyl (C=O) groups excluding carboxylic acids is 1. The lowest BCUT2D eigenvalue weighted by molar-refractivity contribution is 0.0929. The lowest BCUT2D eigenvalue weighted by Crippen LogP contribution is -2.25. The fourth-order valence-corrected chi connectivity index (χ4v) is 3.04. The quantitative estimate of drug-likeness (QED) is 0.734. The van der Waals surface area contributed by atoms with Crippen LogP contribution in [0, 0.1) is 0 Å². The number of hydrogen-bond donors (Lipinski definition) is 1. The van der Waals surface area contributed by atoms with E-state index in [-0.39, 0.29) is 12.0 Å². The number of rotatable bonds is 8. The van der Waals surface area contributed by atoms with E-state index in [9.17, 15) is 4.79 Å². The molecule has 2 aromatic rings. The summed E-state index contributed by atoms with van der Waals surface area (Å²) in [6.45, 7) is 7.13. The zero-order chi connectivity index (χ0) is 17.6. The molecule has 3 rings (SSSR count). The molecular weight excluding hydrogens is 320 g/mol. The highest BCUT2D eigenvalue weighted by Gasteiger charge is 2.18. The highest BCUT2D eigenvalue weighted by atomic mass is 16.5. The summed E-state index contributed by atoms with van der Waals surface area (Å²) in [5.74, 6) is 1.28. The first-order valence-corrected chi connectivity index (χ1v) is 8.94. The predicted molar refractivity (Wildman–Crippen MR) is 92.3 cm³/mol. The van der Waals surface area contributed by atoms with Gasteiger partial charge in [-0.05, 0) is 19.3 Å². The molecule has 0 bridgehead atoms. The van der Waals surface area contributed by atoms with Crippen LogP contribution in [0.4, 0.5) is 0 Å². The van der Waals surface area contributed by atoms with E-state index >= 15 is 0 Å². The average molecular weight is 346 g/mol. The van der Waals surface area contributed by atoms with Gasteiger partial charge in [-0.15, -0.1) is 5.10 Å². The van der Waals surface area contributed by atoms with Crippen molar-refractivity contribution in [3.63, 3.8) is 0 Å². The van der Waals surface area contributed by atoms with Crippen LogP contribution in [0.25, 0.3) is 0 Å². The number of amides is 1.